The van der Waals surface area contributed by atoms with Gasteiger partial charge in [0.05, 0.1) is 23.4 Å². The zero-order chi connectivity index (χ0) is 18.1. The number of carbonyl (C=O) groups is 1. The molecule has 3 aromatic heterocycles. The highest BCUT2D eigenvalue weighted by Crippen LogP contribution is 2.34. The molecule has 0 aromatic carbocycles. The van der Waals surface area contributed by atoms with E-state index in [1.54, 1.807) is 30.6 Å². The fourth-order valence-corrected chi connectivity index (χ4v) is 5.29. The molecule has 136 valence electrons. The Hall–Kier alpha value is -2.06. The summed E-state index contributed by atoms with van der Waals surface area (Å²) < 4.78 is 5.21. The lowest BCUT2D eigenvalue weighted by Gasteiger charge is -2.11. The third kappa shape index (κ3) is 3.43. The van der Waals surface area contributed by atoms with E-state index in [4.69, 9.17) is 4.42 Å². The first-order chi connectivity index (χ1) is 12.6. The summed E-state index contributed by atoms with van der Waals surface area (Å²) >= 11 is 2.88. The molecule has 4 rings (SSSR count). The zero-order valence-electron chi connectivity index (χ0n) is 14.3. The van der Waals surface area contributed by atoms with Crippen LogP contribution >= 0.6 is 23.1 Å². The van der Waals surface area contributed by atoms with E-state index in [0.29, 0.717) is 17.5 Å². The average molecular weight is 390 g/mol. The highest BCUT2D eigenvalue weighted by molar-refractivity contribution is 8.00. The first-order valence-corrected chi connectivity index (χ1v) is 10.3. The van der Waals surface area contributed by atoms with Crippen LogP contribution in [0.15, 0.2) is 32.8 Å². The molecule has 6 nitrogen and oxygen atoms in total. The van der Waals surface area contributed by atoms with Gasteiger partial charge in [0, 0.05) is 4.88 Å². The van der Waals surface area contributed by atoms with Gasteiger partial charge in [-0.3, -0.25) is 9.59 Å². The van der Waals surface area contributed by atoms with E-state index in [0.717, 1.165) is 29.5 Å². The predicted molar refractivity (Wildman–Crippen MR) is 103 cm³/mol. The van der Waals surface area contributed by atoms with Gasteiger partial charge >= 0.3 is 0 Å². The second kappa shape index (κ2) is 7.28. The normalized spacial score (nSPS) is 15.0. The van der Waals surface area contributed by atoms with Crippen molar-refractivity contribution in [2.45, 2.75) is 49.6 Å². The Kier molecular flexibility index (Phi) is 4.86. The number of aromatic nitrogens is 2. The molecule has 1 unspecified atom stereocenters. The second-order valence-corrected chi connectivity index (χ2v) is 8.73. The van der Waals surface area contributed by atoms with Crippen LogP contribution in [0.5, 0.6) is 0 Å². The predicted octanol–water partition coefficient (Wildman–Crippen LogP) is 3.25. The molecule has 0 spiro atoms. The third-order valence-electron chi connectivity index (χ3n) is 4.48. The van der Waals surface area contributed by atoms with Crippen molar-refractivity contribution in [3.8, 4) is 0 Å². The summed E-state index contributed by atoms with van der Waals surface area (Å²) in [6, 6.07) is 3.59. The molecule has 3 aromatic rings. The van der Waals surface area contributed by atoms with Gasteiger partial charge in [0.25, 0.3) is 5.56 Å². The number of hydrogen-bond acceptors (Lipinski definition) is 6. The Bertz CT molecular complexity index is 991. The van der Waals surface area contributed by atoms with Crippen molar-refractivity contribution < 1.29 is 9.21 Å². The van der Waals surface area contributed by atoms with Crippen molar-refractivity contribution in [1.29, 1.82) is 0 Å². The first-order valence-electron chi connectivity index (χ1n) is 8.63. The SMILES string of the molecule is CC(Sc1nc2sc3c(c2c(=O)[nH]1)CCCC3)C(=O)NCc1ccco1. The van der Waals surface area contributed by atoms with Gasteiger partial charge in [-0.2, -0.15) is 0 Å². The van der Waals surface area contributed by atoms with E-state index in [9.17, 15) is 9.59 Å². The number of aromatic amines is 1. The van der Waals surface area contributed by atoms with E-state index in [1.807, 2.05) is 6.07 Å². The third-order valence-corrected chi connectivity index (χ3v) is 6.65. The van der Waals surface area contributed by atoms with Gasteiger partial charge in [0.15, 0.2) is 5.16 Å². The zero-order valence-corrected chi connectivity index (χ0v) is 16.0. The van der Waals surface area contributed by atoms with Crippen LogP contribution in [0.25, 0.3) is 10.2 Å². The van der Waals surface area contributed by atoms with E-state index >= 15 is 0 Å². The molecular weight excluding hydrogens is 370 g/mol. The molecule has 1 aliphatic rings. The van der Waals surface area contributed by atoms with E-state index in [-0.39, 0.29) is 16.7 Å². The lowest BCUT2D eigenvalue weighted by molar-refractivity contribution is -0.120. The highest BCUT2D eigenvalue weighted by atomic mass is 32.2. The number of amides is 1. The van der Waals surface area contributed by atoms with Gasteiger partial charge in [-0.05, 0) is 50.3 Å². The Morgan fingerprint density at radius 3 is 3.12 bits per heavy atom. The molecular formula is C18H19N3O3S2. The minimum absolute atomic E-state index is 0.0971. The summed E-state index contributed by atoms with van der Waals surface area (Å²) in [5, 5.41) is 3.68. The van der Waals surface area contributed by atoms with Gasteiger partial charge in [-0.15, -0.1) is 11.3 Å². The van der Waals surface area contributed by atoms with Crippen LogP contribution < -0.4 is 10.9 Å². The first kappa shape index (κ1) is 17.4. The van der Waals surface area contributed by atoms with Crippen LogP contribution in [-0.4, -0.2) is 21.1 Å². The lowest BCUT2D eigenvalue weighted by atomic mass is 9.97. The number of furan rings is 1. The van der Waals surface area contributed by atoms with Crippen LogP contribution in [0.4, 0.5) is 0 Å². The number of nitrogens with one attached hydrogen (secondary N) is 2. The van der Waals surface area contributed by atoms with Crippen LogP contribution in [0, 0.1) is 0 Å². The molecule has 0 aliphatic heterocycles. The fourth-order valence-electron chi connectivity index (χ4n) is 3.15. The summed E-state index contributed by atoms with van der Waals surface area (Å²) in [6.07, 6.45) is 5.86. The molecule has 1 atom stereocenters. The number of H-pyrrole nitrogens is 1. The maximum Gasteiger partial charge on any atom is 0.260 e. The minimum atomic E-state index is -0.375. The number of hydrogen-bond donors (Lipinski definition) is 2. The molecule has 0 radical (unpaired) electrons. The number of nitrogens with zero attached hydrogens (tertiary/aromatic N) is 1. The monoisotopic (exact) mass is 389 g/mol. The van der Waals surface area contributed by atoms with Crippen molar-refractivity contribution >= 4 is 39.2 Å². The summed E-state index contributed by atoms with van der Waals surface area (Å²) in [4.78, 5) is 34.3. The molecule has 0 saturated heterocycles. The van der Waals surface area contributed by atoms with E-state index in [2.05, 4.69) is 15.3 Å². The smallest absolute Gasteiger partial charge is 0.260 e. The van der Waals surface area contributed by atoms with Gasteiger partial charge in [-0.25, -0.2) is 4.98 Å². The van der Waals surface area contributed by atoms with Crippen molar-refractivity contribution in [1.82, 2.24) is 15.3 Å². The van der Waals surface area contributed by atoms with Crippen molar-refractivity contribution in [2.24, 2.45) is 0 Å². The number of aryl methyl sites for hydroxylation is 2. The molecule has 1 aliphatic carbocycles. The van der Waals surface area contributed by atoms with Gasteiger partial charge in [0.1, 0.15) is 10.6 Å². The maximum atomic E-state index is 12.5. The Morgan fingerprint density at radius 2 is 2.31 bits per heavy atom. The van der Waals surface area contributed by atoms with E-state index < -0.39 is 0 Å². The molecule has 3 heterocycles. The van der Waals surface area contributed by atoms with Crippen LogP contribution in [-0.2, 0) is 24.2 Å². The second-order valence-electron chi connectivity index (χ2n) is 6.32. The van der Waals surface area contributed by atoms with Gasteiger partial charge in [-0.1, -0.05) is 11.8 Å². The van der Waals surface area contributed by atoms with Crippen molar-refractivity contribution in [3.63, 3.8) is 0 Å². The van der Waals surface area contributed by atoms with Crippen LogP contribution in [0.3, 0.4) is 0 Å². The molecule has 2 N–H and O–H groups in total. The Morgan fingerprint density at radius 1 is 1.46 bits per heavy atom. The number of fused-ring (bicyclic) bond motifs is 3. The number of carbonyl (C=O) groups excluding carboxylic acids is 1. The number of thiophene rings is 1. The molecule has 1 amide bonds. The molecule has 26 heavy (non-hydrogen) atoms. The fraction of sp³-hybridized carbons (Fsp3) is 0.389. The molecule has 8 heteroatoms. The summed E-state index contributed by atoms with van der Waals surface area (Å²) in [6.45, 7) is 2.14. The van der Waals surface area contributed by atoms with Gasteiger partial charge < -0.3 is 14.7 Å². The highest BCUT2D eigenvalue weighted by Gasteiger charge is 2.21. The maximum absolute atomic E-state index is 12.5. The van der Waals surface area contributed by atoms with Gasteiger partial charge in [0.2, 0.25) is 5.91 Å². The standard InChI is InChI=1S/C18H19N3O3S2/c1-10(15(22)19-9-11-5-4-8-24-11)25-18-20-16(23)14-12-6-2-3-7-13(12)26-17(14)21-18/h4-5,8,10H,2-3,6-7,9H2,1H3,(H,19,22)(H,20,21,23). The Balaban J connectivity index is 1.49. The topological polar surface area (TPSA) is 88.0 Å². The number of rotatable bonds is 5. The largest absolute Gasteiger partial charge is 0.467 e. The van der Waals surface area contributed by atoms with Crippen molar-refractivity contribution in [3.05, 3.63) is 45.0 Å². The summed E-state index contributed by atoms with van der Waals surface area (Å²) in [7, 11) is 0. The minimum Gasteiger partial charge on any atom is -0.467 e. The van der Waals surface area contributed by atoms with Crippen LogP contribution in [0.1, 0.15) is 36.0 Å². The number of thioether (sulfide) groups is 1. The lowest BCUT2D eigenvalue weighted by Crippen LogP contribution is -2.30. The van der Waals surface area contributed by atoms with Crippen LogP contribution in [0.2, 0.25) is 0 Å². The average Bonchev–Trinajstić information content (AvgIpc) is 3.26. The molecule has 0 fully saturated rings. The Labute approximate surface area is 158 Å². The molecule has 0 saturated carbocycles. The summed E-state index contributed by atoms with van der Waals surface area (Å²) in [5.41, 5.74) is 1.07. The molecule has 0 bridgehead atoms. The quantitative estimate of drug-likeness (QED) is 0.517. The summed E-state index contributed by atoms with van der Waals surface area (Å²) in [5.74, 6) is 0.576. The van der Waals surface area contributed by atoms with Crippen molar-refractivity contribution in [2.75, 3.05) is 0 Å². The van der Waals surface area contributed by atoms with E-state index in [1.165, 1.54) is 28.6 Å².